The normalized spacial score (nSPS) is 14.5. The summed E-state index contributed by atoms with van der Waals surface area (Å²) in [6.07, 6.45) is -2.90. The summed E-state index contributed by atoms with van der Waals surface area (Å²) in [4.78, 5) is 39.2. The number of nitrogens with one attached hydrogen (secondary N) is 4. The summed E-state index contributed by atoms with van der Waals surface area (Å²) in [5, 5.41) is 34.1. The Morgan fingerprint density at radius 3 is 1.60 bits per heavy atom. The summed E-state index contributed by atoms with van der Waals surface area (Å²) in [5.74, 6) is 0.157. The van der Waals surface area contributed by atoms with Crippen LogP contribution in [0, 0.1) is 5.41 Å². The van der Waals surface area contributed by atoms with E-state index in [1.807, 2.05) is 99.6 Å². The van der Waals surface area contributed by atoms with Gasteiger partial charge in [-0.15, -0.1) is 0 Å². The fourth-order valence-electron chi connectivity index (χ4n) is 5.34. The molecule has 0 saturated carbocycles. The van der Waals surface area contributed by atoms with Gasteiger partial charge in [-0.05, 0) is 62.3 Å². The zero-order chi connectivity index (χ0) is 38.1. The summed E-state index contributed by atoms with van der Waals surface area (Å²) in [5.41, 5.74) is 0.379. The van der Waals surface area contributed by atoms with Gasteiger partial charge in [0.2, 0.25) is 5.91 Å². The van der Waals surface area contributed by atoms with Crippen LogP contribution in [0.4, 0.5) is 9.59 Å². The highest BCUT2D eigenvalue weighted by atomic mass is 16.6. The molecule has 52 heavy (non-hydrogen) atoms. The first kappa shape index (κ1) is 41.8. The maximum absolute atomic E-state index is 13.8. The SMILES string of the molecule is CC(C)(C)OC(=O)N[C@@H](Cc1ccccc1)[C@H](O)CNC[C@@H](O)[C@H](Cc1ccccc1)NC(=O)[C@@H](NC(=O)OCCOc1ccccc1)C(C)(C)C. The van der Waals surface area contributed by atoms with Gasteiger partial charge in [0, 0.05) is 13.1 Å². The number of alkyl carbamates (subject to hydrolysis) is 2. The number of amides is 3. The van der Waals surface area contributed by atoms with Crippen molar-refractivity contribution in [3.05, 3.63) is 102 Å². The number of hydrogen-bond donors (Lipinski definition) is 6. The Hall–Kier alpha value is -4.65. The minimum Gasteiger partial charge on any atom is -0.490 e. The van der Waals surface area contributed by atoms with E-state index >= 15 is 0 Å². The smallest absolute Gasteiger partial charge is 0.407 e. The number of rotatable bonds is 18. The number of carbonyl (C=O) groups excluding carboxylic acids is 3. The number of carbonyl (C=O) groups is 3. The Morgan fingerprint density at radius 1 is 0.635 bits per heavy atom. The van der Waals surface area contributed by atoms with Gasteiger partial charge in [-0.3, -0.25) is 4.79 Å². The van der Waals surface area contributed by atoms with Crippen LogP contribution in [-0.4, -0.2) is 90.5 Å². The fourth-order valence-corrected chi connectivity index (χ4v) is 5.34. The standard InChI is InChI=1S/C40H56N4O8/c1-39(2,3)35(44-37(48)51-23-22-50-30-20-14-9-15-21-30)36(47)42-31(24-28-16-10-7-11-17-28)33(45)26-41-27-34(46)32(25-29-18-12-8-13-19-29)43-38(49)52-40(4,5)6/h7-21,31-35,41,45-46H,22-27H2,1-6H3,(H,42,47)(H,43,49)(H,44,48)/t31-,32-,33+,34+,35+/m0/s1. The molecule has 0 unspecified atom stereocenters. The summed E-state index contributed by atoms with van der Waals surface area (Å²) in [6.45, 7) is 10.9. The lowest BCUT2D eigenvalue weighted by atomic mass is 9.85. The van der Waals surface area contributed by atoms with Crippen molar-refractivity contribution >= 4 is 18.1 Å². The second-order valence-electron chi connectivity index (χ2n) is 14.8. The minimum atomic E-state index is -1.09. The van der Waals surface area contributed by atoms with Gasteiger partial charge in [0.05, 0.1) is 24.3 Å². The van der Waals surface area contributed by atoms with Crippen LogP contribution in [-0.2, 0) is 27.1 Å². The van der Waals surface area contributed by atoms with E-state index in [9.17, 15) is 24.6 Å². The molecule has 5 atom stereocenters. The molecule has 0 bridgehead atoms. The van der Waals surface area contributed by atoms with Crippen LogP contribution < -0.4 is 26.0 Å². The third-order valence-corrected chi connectivity index (χ3v) is 7.98. The average molecular weight is 721 g/mol. The number of para-hydroxylation sites is 1. The molecule has 6 N–H and O–H groups in total. The Balaban J connectivity index is 1.64. The Morgan fingerprint density at radius 2 is 1.12 bits per heavy atom. The molecule has 3 amide bonds. The Labute approximate surface area is 307 Å². The molecule has 0 aliphatic rings. The van der Waals surface area contributed by atoms with Crippen molar-refractivity contribution in [2.24, 2.45) is 5.41 Å². The topological polar surface area (TPSA) is 167 Å². The van der Waals surface area contributed by atoms with Crippen molar-refractivity contribution in [1.29, 1.82) is 0 Å². The van der Waals surface area contributed by atoms with Crippen LogP contribution >= 0.6 is 0 Å². The predicted octanol–water partition coefficient (Wildman–Crippen LogP) is 4.38. The third kappa shape index (κ3) is 15.7. The van der Waals surface area contributed by atoms with Crippen molar-refractivity contribution in [1.82, 2.24) is 21.3 Å². The Bertz CT molecular complexity index is 1500. The highest BCUT2D eigenvalue weighted by Gasteiger charge is 2.35. The van der Waals surface area contributed by atoms with Gasteiger partial charge in [-0.1, -0.05) is 99.6 Å². The first-order valence-electron chi connectivity index (χ1n) is 17.7. The average Bonchev–Trinajstić information content (AvgIpc) is 3.08. The van der Waals surface area contributed by atoms with Crippen LogP contribution in [0.5, 0.6) is 5.75 Å². The van der Waals surface area contributed by atoms with Crippen molar-refractivity contribution in [3.63, 3.8) is 0 Å². The zero-order valence-corrected chi connectivity index (χ0v) is 31.1. The summed E-state index contributed by atoms with van der Waals surface area (Å²) >= 11 is 0. The van der Waals surface area contributed by atoms with Crippen LogP contribution in [0.15, 0.2) is 91.0 Å². The van der Waals surface area contributed by atoms with Gasteiger partial charge >= 0.3 is 12.2 Å². The highest BCUT2D eigenvalue weighted by Crippen LogP contribution is 2.21. The van der Waals surface area contributed by atoms with Gasteiger partial charge in [-0.2, -0.15) is 0 Å². The van der Waals surface area contributed by atoms with Gasteiger partial charge in [-0.25, -0.2) is 9.59 Å². The molecule has 12 nitrogen and oxygen atoms in total. The summed E-state index contributed by atoms with van der Waals surface area (Å²) in [6, 6.07) is 25.6. The lowest BCUT2D eigenvalue weighted by Gasteiger charge is -2.33. The van der Waals surface area contributed by atoms with Crippen LogP contribution in [0.3, 0.4) is 0 Å². The molecule has 3 rings (SSSR count). The molecule has 12 heteroatoms. The van der Waals surface area contributed by atoms with Gasteiger partial charge in [0.25, 0.3) is 0 Å². The first-order valence-corrected chi connectivity index (χ1v) is 17.7. The van der Waals surface area contributed by atoms with E-state index in [1.165, 1.54) is 0 Å². The molecule has 0 aliphatic heterocycles. The molecule has 0 saturated heterocycles. The molecule has 0 radical (unpaired) electrons. The van der Waals surface area contributed by atoms with Crippen molar-refractivity contribution < 1.29 is 38.8 Å². The molecule has 0 spiro atoms. The molecular formula is C40H56N4O8. The number of hydrogen-bond acceptors (Lipinski definition) is 9. The van der Waals surface area contributed by atoms with Gasteiger partial charge < -0.3 is 45.7 Å². The second kappa shape index (κ2) is 20.4. The minimum absolute atomic E-state index is 0.0103. The lowest BCUT2D eigenvalue weighted by Crippen LogP contribution is -2.58. The molecule has 0 heterocycles. The van der Waals surface area contributed by atoms with E-state index < -0.39 is 59.4 Å². The van der Waals surface area contributed by atoms with E-state index in [2.05, 4.69) is 21.3 Å². The maximum Gasteiger partial charge on any atom is 0.407 e. The van der Waals surface area contributed by atoms with Crippen LogP contribution in [0.25, 0.3) is 0 Å². The predicted molar refractivity (Wildman–Crippen MR) is 200 cm³/mol. The van der Waals surface area contributed by atoms with Gasteiger partial charge in [0.15, 0.2) is 0 Å². The first-order chi connectivity index (χ1) is 24.6. The largest absolute Gasteiger partial charge is 0.490 e. The number of ether oxygens (including phenoxy) is 3. The molecular weight excluding hydrogens is 664 g/mol. The van der Waals surface area contributed by atoms with E-state index in [0.717, 1.165) is 11.1 Å². The van der Waals surface area contributed by atoms with Crippen LogP contribution in [0.2, 0.25) is 0 Å². The molecule has 0 aromatic heterocycles. The molecule has 3 aromatic carbocycles. The van der Waals surface area contributed by atoms with Crippen molar-refractivity contribution in [2.75, 3.05) is 26.3 Å². The number of aliphatic hydroxyl groups is 2. The van der Waals surface area contributed by atoms with Crippen molar-refractivity contribution in [3.8, 4) is 5.75 Å². The molecule has 0 aliphatic carbocycles. The van der Waals surface area contributed by atoms with Crippen molar-refractivity contribution in [2.45, 2.75) is 90.3 Å². The fraction of sp³-hybridized carbons (Fsp3) is 0.475. The van der Waals surface area contributed by atoms with Gasteiger partial charge in [0.1, 0.15) is 30.6 Å². The molecule has 3 aromatic rings. The van der Waals surface area contributed by atoms with E-state index in [4.69, 9.17) is 14.2 Å². The van der Waals surface area contributed by atoms with E-state index in [1.54, 1.807) is 32.9 Å². The van der Waals surface area contributed by atoms with Crippen LogP contribution in [0.1, 0.15) is 52.7 Å². The number of aliphatic hydroxyl groups excluding tert-OH is 2. The van der Waals surface area contributed by atoms with E-state index in [-0.39, 0.29) is 26.3 Å². The monoisotopic (exact) mass is 720 g/mol. The third-order valence-electron chi connectivity index (χ3n) is 7.98. The highest BCUT2D eigenvalue weighted by molar-refractivity contribution is 5.86. The number of benzene rings is 3. The summed E-state index contributed by atoms with van der Waals surface area (Å²) in [7, 11) is 0. The summed E-state index contributed by atoms with van der Waals surface area (Å²) < 4.78 is 16.3. The van der Waals surface area contributed by atoms with E-state index in [0.29, 0.717) is 18.6 Å². The quantitative estimate of drug-likeness (QED) is 0.105. The lowest BCUT2D eigenvalue weighted by molar-refractivity contribution is -0.127. The Kier molecular flexibility index (Phi) is 16.4. The maximum atomic E-state index is 13.8. The molecule has 284 valence electrons. The molecule has 0 fully saturated rings. The zero-order valence-electron chi connectivity index (χ0n) is 31.1. The second-order valence-corrected chi connectivity index (χ2v) is 14.8.